The first-order valence-corrected chi connectivity index (χ1v) is 8.25. The van der Waals surface area contributed by atoms with E-state index in [1.807, 2.05) is 0 Å². The Hall–Kier alpha value is -2.68. The standard InChI is InChI=1S/C18H17F4N3O2/c19-12-4-2-1-3-11(12)16(18(20,21)22)27-10-5-6-13(24-9-10)14-7-8-15(25-14)17(23)26/h1-6,9,14-16,25H,7-8H2,(H2,23,26). The summed E-state index contributed by atoms with van der Waals surface area (Å²) in [6.07, 6.45) is -4.92. The highest BCUT2D eigenvalue weighted by Gasteiger charge is 2.44. The molecule has 2 heterocycles. The average Bonchev–Trinajstić information content (AvgIpc) is 3.10. The van der Waals surface area contributed by atoms with Gasteiger partial charge in [0, 0.05) is 5.56 Å². The molecule has 3 atom stereocenters. The third kappa shape index (κ3) is 4.36. The monoisotopic (exact) mass is 383 g/mol. The van der Waals surface area contributed by atoms with Crippen molar-refractivity contribution in [3.05, 3.63) is 59.7 Å². The van der Waals surface area contributed by atoms with Gasteiger partial charge in [-0.3, -0.25) is 15.1 Å². The van der Waals surface area contributed by atoms with Crippen molar-refractivity contribution in [1.29, 1.82) is 0 Å². The predicted octanol–water partition coefficient (Wildman–Crippen LogP) is 3.18. The molecule has 27 heavy (non-hydrogen) atoms. The molecule has 1 amide bonds. The summed E-state index contributed by atoms with van der Waals surface area (Å²) < 4.78 is 58.9. The smallest absolute Gasteiger partial charge is 0.429 e. The second kappa shape index (κ2) is 7.51. The molecule has 0 radical (unpaired) electrons. The zero-order chi connectivity index (χ0) is 19.6. The van der Waals surface area contributed by atoms with Crippen LogP contribution in [-0.4, -0.2) is 23.1 Å². The molecule has 0 aliphatic carbocycles. The van der Waals surface area contributed by atoms with Gasteiger partial charge in [0.25, 0.3) is 0 Å². The lowest BCUT2D eigenvalue weighted by molar-refractivity contribution is -0.198. The normalized spacial score (nSPS) is 21.0. The van der Waals surface area contributed by atoms with Crippen LogP contribution in [0.5, 0.6) is 5.75 Å². The van der Waals surface area contributed by atoms with Crippen LogP contribution in [0.2, 0.25) is 0 Å². The molecule has 144 valence electrons. The van der Waals surface area contributed by atoms with Crippen molar-refractivity contribution in [1.82, 2.24) is 10.3 Å². The molecular formula is C18H17F4N3O2. The van der Waals surface area contributed by atoms with E-state index in [-0.39, 0.29) is 11.8 Å². The SMILES string of the molecule is NC(=O)C1CCC(c2ccc(OC(c3ccccc3F)C(F)(F)F)cn2)N1. The Morgan fingerprint density at radius 1 is 1.22 bits per heavy atom. The maximum absolute atomic E-state index is 13.8. The number of nitrogens with zero attached hydrogens (tertiary/aromatic N) is 1. The van der Waals surface area contributed by atoms with Crippen molar-refractivity contribution in [2.24, 2.45) is 5.73 Å². The van der Waals surface area contributed by atoms with Crippen molar-refractivity contribution in [2.45, 2.75) is 37.2 Å². The van der Waals surface area contributed by atoms with E-state index >= 15 is 0 Å². The van der Waals surface area contributed by atoms with Crippen molar-refractivity contribution in [3.63, 3.8) is 0 Å². The van der Waals surface area contributed by atoms with E-state index in [0.717, 1.165) is 18.3 Å². The Kier molecular flexibility index (Phi) is 5.31. The minimum atomic E-state index is -4.80. The van der Waals surface area contributed by atoms with Crippen LogP contribution in [0.25, 0.3) is 0 Å². The molecule has 3 N–H and O–H groups in total. The first-order chi connectivity index (χ1) is 12.8. The Morgan fingerprint density at radius 2 is 1.96 bits per heavy atom. The number of rotatable bonds is 5. The first kappa shape index (κ1) is 19.1. The molecule has 3 rings (SSSR count). The lowest BCUT2D eigenvalue weighted by Gasteiger charge is -2.22. The van der Waals surface area contributed by atoms with Crippen molar-refractivity contribution >= 4 is 5.91 Å². The number of hydrogen-bond donors (Lipinski definition) is 2. The lowest BCUT2D eigenvalue weighted by atomic mass is 10.1. The van der Waals surface area contributed by atoms with E-state index in [4.69, 9.17) is 10.5 Å². The zero-order valence-electron chi connectivity index (χ0n) is 14.0. The van der Waals surface area contributed by atoms with Crippen LogP contribution < -0.4 is 15.8 Å². The van der Waals surface area contributed by atoms with Gasteiger partial charge in [-0.2, -0.15) is 13.2 Å². The summed E-state index contributed by atoms with van der Waals surface area (Å²) in [5.74, 6) is -1.61. The first-order valence-electron chi connectivity index (χ1n) is 8.25. The molecule has 2 aromatic rings. The number of pyridine rings is 1. The highest BCUT2D eigenvalue weighted by molar-refractivity contribution is 5.80. The largest absolute Gasteiger partial charge is 0.474 e. The lowest BCUT2D eigenvalue weighted by Crippen LogP contribution is -2.37. The van der Waals surface area contributed by atoms with E-state index in [1.54, 1.807) is 0 Å². The van der Waals surface area contributed by atoms with Crippen molar-refractivity contribution < 1.29 is 27.1 Å². The molecule has 1 saturated heterocycles. The van der Waals surface area contributed by atoms with Crippen LogP contribution in [-0.2, 0) is 4.79 Å². The fourth-order valence-corrected chi connectivity index (χ4v) is 3.00. The summed E-state index contributed by atoms with van der Waals surface area (Å²) in [6.45, 7) is 0. The van der Waals surface area contributed by atoms with Crippen molar-refractivity contribution in [2.75, 3.05) is 0 Å². The molecule has 0 saturated carbocycles. The summed E-state index contributed by atoms with van der Waals surface area (Å²) in [4.78, 5) is 15.3. The number of carbonyl (C=O) groups excluding carboxylic acids is 1. The number of alkyl halides is 3. The maximum atomic E-state index is 13.8. The second-order valence-electron chi connectivity index (χ2n) is 6.23. The van der Waals surface area contributed by atoms with Crippen LogP contribution in [0.4, 0.5) is 17.6 Å². The molecule has 1 aromatic heterocycles. The number of primary amides is 1. The Balaban J connectivity index is 1.76. The van der Waals surface area contributed by atoms with Gasteiger partial charge in [-0.15, -0.1) is 0 Å². The van der Waals surface area contributed by atoms with Crippen LogP contribution in [0.1, 0.15) is 36.2 Å². The molecule has 3 unspecified atom stereocenters. The quantitative estimate of drug-likeness (QED) is 0.778. The number of ether oxygens (including phenoxy) is 1. The molecule has 9 heteroatoms. The van der Waals surface area contributed by atoms with E-state index < -0.39 is 35.6 Å². The number of benzene rings is 1. The number of nitrogens with two attached hydrogens (primary N) is 1. The van der Waals surface area contributed by atoms with Gasteiger partial charge in [0.1, 0.15) is 11.6 Å². The third-order valence-corrected chi connectivity index (χ3v) is 4.34. The maximum Gasteiger partial charge on any atom is 0.429 e. The number of halogens is 4. The van der Waals surface area contributed by atoms with Gasteiger partial charge in [-0.1, -0.05) is 18.2 Å². The number of amides is 1. The van der Waals surface area contributed by atoms with Gasteiger partial charge in [-0.05, 0) is 31.0 Å². The van der Waals surface area contributed by atoms with Crippen LogP contribution >= 0.6 is 0 Å². The highest BCUT2D eigenvalue weighted by atomic mass is 19.4. The predicted molar refractivity (Wildman–Crippen MR) is 88.2 cm³/mol. The van der Waals surface area contributed by atoms with E-state index in [1.165, 1.54) is 24.3 Å². The van der Waals surface area contributed by atoms with Gasteiger partial charge >= 0.3 is 6.18 Å². The van der Waals surface area contributed by atoms with Gasteiger partial charge in [0.15, 0.2) is 0 Å². The fourth-order valence-electron chi connectivity index (χ4n) is 3.00. The Bertz CT molecular complexity index is 811. The topological polar surface area (TPSA) is 77.2 Å². The summed E-state index contributed by atoms with van der Waals surface area (Å²) in [5, 5.41) is 3.02. The fraction of sp³-hybridized carbons (Fsp3) is 0.333. The Labute approximate surface area is 152 Å². The van der Waals surface area contributed by atoms with Crippen LogP contribution in [0.15, 0.2) is 42.6 Å². The molecule has 1 fully saturated rings. The Morgan fingerprint density at radius 3 is 2.52 bits per heavy atom. The van der Waals surface area contributed by atoms with E-state index in [0.29, 0.717) is 18.5 Å². The molecular weight excluding hydrogens is 366 g/mol. The zero-order valence-corrected chi connectivity index (χ0v) is 14.0. The van der Waals surface area contributed by atoms with Gasteiger partial charge in [0.05, 0.1) is 24.0 Å². The average molecular weight is 383 g/mol. The molecule has 0 bridgehead atoms. The number of hydrogen-bond acceptors (Lipinski definition) is 4. The molecule has 1 aliphatic rings. The molecule has 0 spiro atoms. The number of carbonyl (C=O) groups is 1. The van der Waals surface area contributed by atoms with Crippen LogP contribution in [0.3, 0.4) is 0 Å². The van der Waals surface area contributed by atoms with E-state index in [2.05, 4.69) is 10.3 Å². The summed E-state index contributed by atoms with van der Waals surface area (Å²) in [7, 11) is 0. The third-order valence-electron chi connectivity index (χ3n) is 4.34. The van der Waals surface area contributed by atoms with Crippen LogP contribution in [0, 0.1) is 5.82 Å². The molecule has 5 nitrogen and oxygen atoms in total. The summed E-state index contributed by atoms with van der Waals surface area (Å²) in [6, 6.07) is 6.75. The minimum absolute atomic E-state index is 0.145. The summed E-state index contributed by atoms with van der Waals surface area (Å²) in [5.41, 5.74) is 5.20. The second-order valence-corrected chi connectivity index (χ2v) is 6.23. The molecule has 1 aliphatic heterocycles. The van der Waals surface area contributed by atoms with Gasteiger partial charge in [-0.25, -0.2) is 4.39 Å². The number of aromatic nitrogens is 1. The minimum Gasteiger partial charge on any atom is -0.474 e. The molecule has 1 aromatic carbocycles. The highest BCUT2D eigenvalue weighted by Crippen LogP contribution is 2.38. The summed E-state index contributed by atoms with van der Waals surface area (Å²) >= 11 is 0. The van der Waals surface area contributed by atoms with Gasteiger partial charge in [0.2, 0.25) is 12.0 Å². The number of nitrogens with one attached hydrogen (secondary N) is 1. The van der Waals surface area contributed by atoms with Gasteiger partial charge < -0.3 is 10.5 Å². The van der Waals surface area contributed by atoms with Crippen molar-refractivity contribution in [3.8, 4) is 5.75 Å². The van der Waals surface area contributed by atoms with E-state index in [9.17, 15) is 22.4 Å².